The molecule has 124 valence electrons. The summed E-state index contributed by atoms with van der Waals surface area (Å²) >= 11 is 5.94. The van der Waals surface area contributed by atoms with Crippen molar-refractivity contribution in [3.8, 4) is 11.3 Å². The molecule has 2 heterocycles. The van der Waals surface area contributed by atoms with Crippen molar-refractivity contribution in [2.75, 3.05) is 11.9 Å². The highest BCUT2D eigenvalue weighted by molar-refractivity contribution is 6.29. The minimum atomic E-state index is -2.68. The molecule has 1 aliphatic rings. The molecule has 0 amide bonds. The molecule has 1 aliphatic carbocycles. The Morgan fingerprint density at radius 3 is 2.91 bits per heavy atom. The highest BCUT2D eigenvalue weighted by atomic mass is 35.5. The van der Waals surface area contributed by atoms with Crippen LogP contribution in [-0.4, -0.2) is 32.5 Å². The lowest BCUT2D eigenvalue weighted by Crippen LogP contribution is -2.13. The number of hydrogen-bond acceptors (Lipinski definition) is 4. The zero-order valence-corrected chi connectivity index (χ0v) is 13.0. The predicted octanol–water partition coefficient (Wildman–Crippen LogP) is 3.57. The summed E-state index contributed by atoms with van der Waals surface area (Å²) in [5.41, 5.74) is 1.72. The average molecular weight is 343 g/mol. The molecule has 2 aromatic rings. The fourth-order valence-electron chi connectivity index (χ4n) is 2.86. The lowest BCUT2D eigenvalue weighted by atomic mass is 10.1. The number of anilines is 1. The first-order valence-corrected chi connectivity index (χ1v) is 7.82. The van der Waals surface area contributed by atoms with Crippen LogP contribution in [0.5, 0.6) is 0 Å². The molecule has 1 saturated carbocycles. The maximum absolute atomic E-state index is 12.7. The van der Waals surface area contributed by atoms with Gasteiger partial charge >= 0.3 is 6.55 Å². The molecule has 0 aromatic carbocycles. The van der Waals surface area contributed by atoms with Crippen LogP contribution in [0.4, 0.5) is 14.5 Å². The zero-order valence-electron chi connectivity index (χ0n) is 12.3. The predicted molar refractivity (Wildman–Crippen MR) is 83.6 cm³/mol. The van der Waals surface area contributed by atoms with Crippen molar-refractivity contribution >= 4 is 17.3 Å². The topological polar surface area (TPSA) is 63.0 Å². The van der Waals surface area contributed by atoms with Gasteiger partial charge < -0.3 is 10.4 Å². The highest BCUT2D eigenvalue weighted by Crippen LogP contribution is 2.31. The first kappa shape index (κ1) is 16.1. The minimum absolute atomic E-state index is 0.232. The molecular weight excluding hydrogens is 326 g/mol. The van der Waals surface area contributed by atoms with Crippen molar-refractivity contribution < 1.29 is 13.9 Å². The molecule has 0 saturated heterocycles. The van der Waals surface area contributed by atoms with Gasteiger partial charge in [0.05, 0.1) is 11.8 Å². The molecule has 23 heavy (non-hydrogen) atoms. The third-order valence-electron chi connectivity index (χ3n) is 4.05. The molecule has 1 fully saturated rings. The number of nitrogens with zero attached hydrogens (tertiary/aromatic N) is 3. The molecule has 8 heteroatoms. The van der Waals surface area contributed by atoms with Crippen LogP contribution in [0.2, 0.25) is 5.15 Å². The second kappa shape index (κ2) is 6.80. The van der Waals surface area contributed by atoms with E-state index >= 15 is 0 Å². The van der Waals surface area contributed by atoms with E-state index in [-0.39, 0.29) is 6.10 Å². The van der Waals surface area contributed by atoms with Gasteiger partial charge in [0.15, 0.2) is 0 Å². The van der Waals surface area contributed by atoms with Gasteiger partial charge in [0.2, 0.25) is 0 Å². The van der Waals surface area contributed by atoms with Crippen molar-refractivity contribution in [3.63, 3.8) is 0 Å². The van der Waals surface area contributed by atoms with Crippen molar-refractivity contribution in [3.05, 3.63) is 29.7 Å². The van der Waals surface area contributed by atoms with Crippen LogP contribution in [0.25, 0.3) is 11.3 Å². The molecule has 3 rings (SSSR count). The van der Waals surface area contributed by atoms with Crippen LogP contribution in [0, 0.1) is 5.92 Å². The maximum atomic E-state index is 12.7. The maximum Gasteiger partial charge on any atom is 0.333 e. The third kappa shape index (κ3) is 3.79. The van der Waals surface area contributed by atoms with Gasteiger partial charge in [0.1, 0.15) is 5.15 Å². The fourth-order valence-corrected chi connectivity index (χ4v) is 3.02. The van der Waals surface area contributed by atoms with Crippen LogP contribution in [-0.2, 0) is 0 Å². The van der Waals surface area contributed by atoms with Gasteiger partial charge in [-0.05, 0) is 37.3 Å². The summed E-state index contributed by atoms with van der Waals surface area (Å²) in [6, 6.07) is 3.17. The largest absolute Gasteiger partial charge is 0.393 e. The molecule has 2 N–H and O–H groups in total. The standard InChI is InChI=1S/C15H17ClF2N4O/c16-14-6-13(19-7-9-1-2-10(23)5-9)11(8-20-14)12-3-4-22(21-12)15(17)18/h3-4,6,8-10,15,23H,1-2,5,7H2,(H,19,20)/t9-,10+/m0/s1. The molecular formula is C15H17ClF2N4O. The summed E-state index contributed by atoms with van der Waals surface area (Å²) < 4.78 is 25.9. The van der Waals surface area contributed by atoms with Crippen LogP contribution in [0.15, 0.2) is 24.5 Å². The first-order chi connectivity index (χ1) is 11.0. The number of halogens is 3. The molecule has 0 spiro atoms. The lowest BCUT2D eigenvalue weighted by molar-refractivity contribution is 0.0568. The van der Waals surface area contributed by atoms with E-state index in [0.717, 1.165) is 19.3 Å². The average Bonchev–Trinajstić information content (AvgIpc) is 3.14. The Hall–Kier alpha value is -1.73. The second-order valence-electron chi connectivity index (χ2n) is 5.73. The van der Waals surface area contributed by atoms with Gasteiger partial charge in [0.25, 0.3) is 0 Å². The number of alkyl halides is 2. The monoisotopic (exact) mass is 342 g/mol. The Bertz CT molecular complexity index is 679. The zero-order chi connectivity index (χ0) is 16.4. The number of rotatable bonds is 5. The SMILES string of the molecule is O[C@@H]1CC[C@H](CNc2cc(Cl)ncc2-c2ccn(C(F)F)n2)C1. The summed E-state index contributed by atoms with van der Waals surface area (Å²) in [4.78, 5) is 4.01. The van der Waals surface area contributed by atoms with Crippen LogP contribution >= 0.6 is 11.6 Å². The van der Waals surface area contributed by atoms with Gasteiger partial charge in [-0.15, -0.1) is 0 Å². The molecule has 2 atom stereocenters. The summed E-state index contributed by atoms with van der Waals surface area (Å²) in [5.74, 6) is 0.378. The number of aliphatic hydroxyl groups is 1. The molecule has 0 aliphatic heterocycles. The van der Waals surface area contributed by atoms with Crippen LogP contribution in [0.1, 0.15) is 25.8 Å². The number of aromatic nitrogens is 3. The fraction of sp³-hybridized carbons (Fsp3) is 0.467. The number of pyridine rings is 1. The molecule has 0 bridgehead atoms. The Morgan fingerprint density at radius 1 is 1.43 bits per heavy atom. The molecule has 0 unspecified atom stereocenters. The quantitative estimate of drug-likeness (QED) is 0.815. The Labute approximate surface area is 137 Å². The smallest absolute Gasteiger partial charge is 0.333 e. The van der Waals surface area contributed by atoms with E-state index < -0.39 is 6.55 Å². The van der Waals surface area contributed by atoms with Crippen LogP contribution in [0.3, 0.4) is 0 Å². The summed E-state index contributed by atoms with van der Waals surface area (Å²) in [6.45, 7) is -2.00. The van der Waals surface area contributed by atoms with E-state index in [1.165, 1.54) is 18.5 Å². The second-order valence-corrected chi connectivity index (χ2v) is 6.11. The third-order valence-corrected chi connectivity index (χ3v) is 4.26. The van der Waals surface area contributed by atoms with Crippen molar-refractivity contribution in [2.45, 2.75) is 31.9 Å². The number of aliphatic hydroxyl groups excluding tert-OH is 1. The van der Waals surface area contributed by atoms with Gasteiger partial charge in [-0.3, -0.25) is 0 Å². The van der Waals surface area contributed by atoms with Crippen LogP contribution < -0.4 is 5.32 Å². The Kier molecular flexibility index (Phi) is 4.77. The Morgan fingerprint density at radius 2 is 2.26 bits per heavy atom. The summed E-state index contributed by atoms with van der Waals surface area (Å²) in [6.07, 6.45) is 5.06. The van der Waals surface area contributed by atoms with Crippen molar-refractivity contribution in [1.82, 2.24) is 14.8 Å². The molecule has 0 radical (unpaired) electrons. The van der Waals surface area contributed by atoms with E-state index in [9.17, 15) is 13.9 Å². The molecule has 5 nitrogen and oxygen atoms in total. The highest BCUT2D eigenvalue weighted by Gasteiger charge is 2.23. The Balaban J connectivity index is 1.79. The number of hydrogen-bond donors (Lipinski definition) is 2. The van der Waals surface area contributed by atoms with E-state index in [0.29, 0.717) is 39.2 Å². The summed E-state index contributed by atoms with van der Waals surface area (Å²) in [7, 11) is 0. The van der Waals surface area contributed by atoms with Gasteiger partial charge in [-0.1, -0.05) is 11.6 Å². The number of nitrogens with one attached hydrogen (secondary N) is 1. The van der Waals surface area contributed by atoms with E-state index in [2.05, 4.69) is 15.4 Å². The lowest BCUT2D eigenvalue weighted by Gasteiger charge is -2.14. The normalized spacial score (nSPS) is 21.1. The van der Waals surface area contributed by atoms with Gasteiger partial charge in [0, 0.05) is 30.2 Å². The first-order valence-electron chi connectivity index (χ1n) is 7.44. The minimum Gasteiger partial charge on any atom is -0.393 e. The van der Waals surface area contributed by atoms with Gasteiger partial charge in [-0.2, -0.15) is 13.9 Å². The van der Waals surface area contributed by atoms with E-state index in [1.54, 1.807) is 6.07 Å². The van der Waals surface area contributed by atoms with Crippen molar-refractivity contribution in [2.24, 2.45) is 5.92 Å². The van der Waals surface area contributed by atoms with Gasteiger partial charge in [-0.25, -0.2) is 9.67 Å². The van der Waals surface area contributed by atoms with E-state index in [1.807, 2.05) is 0 Å². The van der Waals surface area contributed by atoms with Crippen molar-refractivity contribution in [1.29, 1.82) is 0 Å². The molecule has 2 aromatic heterocycles. The summed E-state index contributed by atoms with van der Waals surface area (Å²) in [5, 5.41) is 17.0. The van der Waals surface area contributed by atoms with E-state index in [4.69, 9.17) is 11.6 Å².